The van der Waals surface area contributed by atoms with Crippen LogP contribution in [0.2, 0.25) is 0 Å². The lowest BCUT2D eigenvalue weighted by Gasteiger charge is -2.04. The van der Waals surface area contributed by atoms with Gasteiger partial charge in [0.1, 0.15) is 5.75 Å². The van der Waals surface area contributed by atoms with Crippen molar-refractivity contribution in [3.8, 4) is 11.4 Å². The van der Waals surface area contributed by atoms with Crippen LogP contribution in [0.5, 0.6) is 5.75 Å². The fourth-order valence-corrected chi connectivity index (χ4v) is 2.48. The highest BCUT2D eigenvalue weighted by atomic mass is 32.1. The summed E-state index contributed by atoms with van der Waals surface area (Å²) in [6.45, 7) is 0. The second kappa shape index (κ2) is 3.78. The molecule has 0 amide bonds. The van der Waals surface area contributed by atoms with Gasteiger partial charge in [0.05, 0.1) is 23.8 Å². The average molecular weight is 245 g/mol. The summed E-state index contributed by atoms with van der Waals surface area (Å²) in [4.78, 5) is 4.33. The van der Waals surface area contributed by atoms with Crippen LogP contribution in [0.3, 0.4) is 0 Å². The van der Waals surface area contributed by atoms with Gasteiger partial charge < -0.3 is 10.5 Å². The quantitative estimate of drug-likeness (QED) is 0.755. The topological polar surface area (TPSA) is 53.1 Å². The van der Waals surface area contributed by atoms with Crippen molar-refractivity contribution >= 4 is 28.3 Å². The van der Waals surface area contributed by atoms with Gasteiger partial charge in [0.15, 0.2) is 0 Å². The monoisotopic (exact) mass is 245 g/mol. The summed E-state index contributed by atoms with van der Waals surface area (Å²) in [5, 5.41) is 4.05. The molecular formula is C12H11N3OS. The molecule has 1 aromatic carbocycles. The van der Waals surface area contributed by atoms with Gasteiger partial charge in [-0.3, -0.25) is 4.57 Å². The Bertz CT molecular complexity index is 658. The number of fused-ring (bicyclic) bond motifs is 1. The third kappa shape index (κ3) is 1.55. The van der Waals surface area contributed by atoms with Crippen LogP contribution < -0.4 is 10.5 Å². The number of hydrogen-bond acceptors (Lipinski definition) is 4. The van der Waals surface area contributed by atoms with Crippen molar-refractivity contribution < 1.29 is 4.74 Å². The Morgan fingerprint density at radius 3 is 2.94 bits per heavy atom. The van der Waals surface area contributed by atoms with E-state index in [1.54, 1.807) is 18.4 Å². The first-order valence-corrected chi connectivity index (χ1v) is 6.08. The summed E-state index contributed by atoms with van der Waals surface area (Å²) in [5.74, 6) is 1.29. The number of benzene rings is 1. The van der Waals surface area contributed by atoms with Gasteiger partial charge >= 0.3 is 0 Å². The number of nitrogens with two attached hydrogens (primary N) is 1. The minimum Gasteiger partial charge on any atom is -0.497 e. The van der Waals surface area contributed by atoms with Gasteiger partial charge in [0.25, 0.3) is 0 Å². The average Bonchev–Trinajstić information content (AvgIpc) is 2.93. The predicted molar refractivity (Wildman–Crippen MR) is 69.9 cm³/mol. The summed E-state index contributed by atoms with van der Waals surface area (Å²) in [5.41, 5.74) is 8.81. The minimum atomic E-state index is 0.492. The fourth-order valence-electron chi connectivity index (χ4n) is 1.86. The highest BCUT2D eigenvalue weighted by Crippen LogP contribution is 2.27. The first kappa shape index (κ1) is 10.2. The summed E-state index contributed by atoms with van der Waals surface area (Å²) in [7, 11) is 1.65. The zero-order chi connectivity index (χ0) is 11.8. The third-order valence-corrected chi connectivity index (χ3v) is 3.32. The predicted octanol–water partition coefficient (Wildman–Crippen LogP) is 2.68. The smallest absolute Gasteiger partial charge is 0.205 e. The molecule has 0 aliphatic rings. The number of nitrogen functional groups attached to an aromatic ring is 1. The Morgan fingerprint density at radius 2 is 2.24 bits per heavy atom. The molecule has 0 bridgehead atoms. The largest absolute Gasteiger partial charge is 0.497 e. The summed E-state index contributed by atoms with van der Waals surface area (Å²) in [6.07, 6.45) is 0. The van der Waals surface area contributed by atoms with Crippen LogP contribution in [-0.2, 0) is 0 Å². The van der Waals surface area contributed by atoms with Crippen LogP contribution in [0, 0.1) is 0 Å². The molecule has 0 spiro atoms. The molecule has 5 heteroatoms. The maximum absolute atomic E-state index is 5.95. The molecule has 2 heterocycles. The Labute approximate surface area is 102 Å². The Kier molecular flexibility index (Phi) is 2.26. The Balaban J connectivity index is 2.32. The van der Waals surface area contributed by atoms with E-state index in [2.05, 4.69) is 4.98 Å². The summed E-state index contributed by atoms with van der Waals surface area (Å²) < 4.78 is 7.15. The van der Waals surface area contributed by atoms with Crippen molar-refractivity contribution in [3.05, 3.63) is 35.0 Å². The number of hydrogen-bond donors (Lipinski definition) is 1. The molecule has 0 aliphatic carbocycles. The van der Waals surface area contributed by atoms with Gasteiger partial charge in [-0.15, -0.1) is 0 Å². The molecule has 3 rings (SSSR count). The summed E-state index contributed by atoms with van der Waals surface area (Å²) >= 11 is 1.63. The van der Waals surface area contributed by atoms with Crippen LogP contribution in [0.15, 0.2) is 35.0 Å². The molecule has 0 aliphatic heterocycles. The van der Waals surface area contributed by atoms with Crippen LogP contribution in [-0.4, -0.2) is 16.7 Å². The highest BCUT2D eigenvalue weighted by Gasteiger charge is 2.10. The van der Waals surface area contributed by atoms with Gasteiger partial charge in [-0.05, 0) is 23.6 Å². The van der Waals surface area contributed by atoms with Gasteiger partial charge in [0.2, 0.25) is 5.95 Å². The second-order valence-electron chi connectivity index (χ2n) is 3.64. The molecule has 86 valence electrons. The first-order chi connectivity index (χ1) is 8.29. The molecule has 2 aromatic heterocycles. The number of anilines is 1. The first-order valence-electron chi connectivity index (χ1n) is 5.14. The highest BCUT2D eigenvalue weighted by molar-refractivity contribution is 7.08. The van der Waals surface area contributed by atoms with Crippen LogP contribution in [0.1, 0.15) is 0 Å². The standard InChI is InChI=1S/C12H11N3OS/c1-16-9-2-3-10-11(6-9)15(12(13)14-10)8-4-5-17-7-8/h2-7H,1H3,(H2,13,14). The van der Waals surface area contributed by atoms with Crippen LogP contribution in [0.4, 0.5) is 5.95 Å². The van der Waals surface area contributed by atoms with E-state index in [1.165, 1.54) is 0 Å². The zero-order valence-electron chi connectivity index (χ0n) is 9.25. The Hall–Kier alpha value is -2.01. The van der Waals surface area contributed by atoms with Gasteiger partial charge in [-0.1, -0.05) is 0 Å². The van der Waals surface area contributed by atoms with E-state index in [0.29, 0.717) is 5.95 Å². The Morgan fingerprint density at radius 1 is 1.35 bits per heavy atom. The van der Waals surface area contributed by atoms with E-state index >= 15 is 0 Å². The van der Waals surface area contributed by atoms with Crippen molar-refractivity contribution in [2.75, 3.05) is 12.8 Å². The number of imidazole rings is 1. The molecule has 3 aromatic rings. The lowest BCUT2D eigenvalue weighted by Crippen LogP contribution is -1.99. The van der Waals surface area contributed by atoms with E-state index in [9.17, 15) is 0 Å². The normalized spacial score (nSPS) is 10.9. The number of thiophene rings is 1. The number of methoxy groups -OCH3 is 1. The van der Waals surface area contributed by atoms with E-state index < -0.39 is 0 Å². The van der Waals surface area contributed by atoms with Gasteiger partial charge in [0, 0.05) is 11.4 Å². The van der Waals surface area contributed by atoms with E-state index in [4.69, 9.17) is 10.5 Å². The number of ether oxygens (including phenoxy) is 1. The molecule has 0 saturated carbocycles. The molecule has 0 fully saturated rings. The second-order valence-corrected chi connectivity index (χ2v) is 4.42. The fraction of sp³-hybridized carbons (Fsp3) is 0.0833. The number of aromatic nitrogens is 2. The molecule has 4 nitrogen and oxygen atoms in total. The van der Waals surface area contributed by atoms with Gasteiger partial charge in [-0.2, -0.15) is 11.3 Å². The molecule has 0 saturated heterocycles. The maximum Gasteiger partial charge on any atom is 0.205 e. The summed E-state index contributed by atoms with van der Waals surface area (Å²) in [6, 6.07) is 7.75. The molecule has 17 heavy (non-hydrogen) atoms. The lowest BCUT2D eigenvalue weighted by molar-refractivity contribution is 0.415. The number of rotatable bonds is 2. The van der Waals surface area contributed by atoms with E-state index in [1.807, 2.05) is 39.6 Å². The van der Waals surface area contributed by atoms with Crippen molar-refractivity contribution in [1.82, 2.24) is 9.55 Å². The van der Waals surface area contributed by atoms with Crippen LogP contribution in [0.25, 0.3) is 16.7 Å². The maximum atomic E-state index is 5.95. The minimum absolute atomic E-state index is 0.492. The molecule has 2 N–H and O–H groups in total. The van der Waals surface area contributed by atoms with Crippen molar-refractivity contribution in [2.24, 2.45) is 0 Å². The van der Waals surface area contributed by atoms with Crippen molar-refractivity contribution in [2.45, 2.75) is 0 Å². The third-order valence-electron chi connectivity index (χ3n) is 2.65. The van der Waals surface area contributed by atoms with Crippen molar-refractivity contribution in [3.63, 3.8) is 0 Å². The lowest BCUT2D eigenvalue weighted by atomic mass is 10.3. The van der Waals surface area contributed by atoms with Crippen molar-refractivity contribution in [1.29, 1.82) is 0 Å². The van der Waals surface area contributed by atoms with E-state index in [0.717, 1.165) is 22.5 Å². The number of nitrogens with zero attached hydrogens (tertiary/aromatic N) is 2. The van der Waals surface area contributed by atoms with Gasteiger partial charge in [-0.25, -0.2) is 4.98 Å². The zero-order valence-corrected chi connectivity index (χ0v) is 10.1. The SMILES string of the molecule is COc1ccc2nc(N)n(-c3ccsc3)c2c1. The molecule has 0 atom stereocenters. The van der Waals surface area contributed by atoms with E-state index in [-0.39, 0.29) is 0 Å². The van der Waals surface area contributed by atoms with Crippen LogP contribution >= 0.6 is 11.3 Å². The molecule has 0 radical (unpaired) electrons. The molecule has 0 unspecified atom stereocenters. The molecular weight excluding hydrogens is 234 g/mol.